The SMILES string of the molecule is C[C@H](NC(CC#N)c1ccc(F)cc1)[C@@H](Cc1ccc(I)cc1)c1cccc(C#N)c1. The molecule has 1 unspecified atom stereocenters. The normalized spacial score (nSPS) is 13.6. The van der Waals surface area contributed by atoms with E-state index in [9.17, 15) is 14.9 Å². The first kappa shape index (κ1) is 22.9. The monoisotopic (exact) mass is 523 g/mol. The lowest BCUT2D eigenvalue weighted by Crippen LogP contribution is -2.36. The summed E-state index contributed by atoms with van der Waals surface area (Å²) in [5.41, 5.74) is 3.80. The largest absolute Gasteiger partial charge is 0.306 e. The first-order valence-corrected chi connectivity index (χ1v) is 11.2. The van der Waals surface area contributed by atoms with Crippen LogP contribution in [0.4, 0.5) is 4.39 Å². The number of hydrogen-bond acceptors (Lipinski definition) is 3. The van der Waals surface area contributed by atoms with Crippen molar-refractivity contribution in [2.45, 2.75) is 37.8 Å². The van der Waals surface area contributed by atoms with E-state index in [4.69, 9.17) is 0 Å². The van der Waals surface area contributed by atoms with Gasteiger partial charge in [-0.15, -0.1) is 0 Å². The Bertz CT molecular complexity index is 1080. The van der Waals surface area contributed by atoms with Gasteiger partial charge in [0.15, 0.2) is 0 Å². The summed E-state index contributed by atoms with van der Waals surface area (Å²) in [5.74, 6) is -0.201. The fourth-order valence-corrected chi connectivity index (χ4v) is 4.15. The number of nitriles is 2. The lowest BCUT2D eigenvalue weighted by Gasteiger charge is -2.30. The number of nitrogens with zero attached hydrogens (tertiary/aromatic N) is 2. The molecule has 0 fully saturated rings. The number of benzene rings is 3. The molecule has 0 saturated heterocycles. The Balaban J connectivity index is 1.90. The molecule has 3 nitrogen and oxygen atoms in total. The average Bonchev–Trinajstić information content (AvgIpc) is 2.79. The molecule has 3 aromatic carbocycles. The van der Waals surface area contributed by atoms with Crippen molar-refractivity contribution in [2.75, 3.05) is 0 Å². The van der Waals surface area contributed by atoms with E-state index in [-0.39, 0.29) is 30.2 Å². The van der Waals surface area contributed by atoms with E-state index in [1.807, 2.05) is 18.2 Å². The highest BCUT2D eigenvalue weighted by molar-refractivity contribution is 14.1. The summed E-state index contributed by atoms with van der Waals surface area (Å²) in [6, 6.07) is 26.7. The Hall–Kier alpha value is -2.74. The highest BCUT2D eigenvalue weighted by Gasteiger charge is 2.24. The first-order valence-electron chi connectivity index (χ1n) is 10.1. The van der Waals surface area contributed by atoms with Gasteiger partial charge in [-0.05, 0) is 89.0 Å². The zero-order chi connectivity index (χ0) is 22.2. The number of rotatable bonds is 8. The predicted molar refractivity (Wildman–Crippen MR) is 129 cm³/mol. The van der Waals surface area contributed by atoms with Crippen molar-refractivity contribution in [1.82, 2.24) is 5.32 Å². The average molecular weight is 523 g/mol. The van der Waals surface area contributed by atoms with Crippen LogP contribution in [0.15, 0.2) is 72.8 Å². The first-order chi connectivity index (χ1) is 15.0. The van der Waals surface area contributed by atoms with Gasteiger partial charge in [0.25, 0.3) is 0 Å². The molecule has 3 aromatic rings. The molecule has 0 saturated carbocycles. The van der Waals surface area contributed by atoms with Gasteiger partial charge in [0.2, 0.25) is 0 Å². The van der Waals surface area contributed by atoms with Gasteiger partial charge in [0, 0.05) is 21.6 Å². The van der Waals surface area contributed by atoms with Crippen LogP contribution >= 0.6 is 22.6 Å². The van der Waals surface area contributed by atoms with Crippen molar-refractivity contribution in [1.29, 1.82) is 10.5 Å². The fraction of sp³-hybridized carbons (Fsp3) is 0.231. The number of nitrogens with one attached hydrogen (secondary N) is 1. The van der Waals surface area contributed by atoms with E-state index in [2.05, 4.69) is 71.2 Å². The van der Waals surface area contributed by atoms with Crippen LogP contribution in [0.5, 0.6) is 0 Å². The minimum absolute atomic E-state index is 0.0108. The molecule has 156 valence electrons. The second-order valence-electron chi connectivity index (χ2n) is 7.60. The van der Waals surface area contributed by atoms with Gasteiger partial charge < -0.3 is 5.32 Å². The summed E-state index contributed by atoms with van der Waals surface area (Å²) in [6.07, 6.45) is 1.08. The summed E-state index contributed by atoms with van der Waals surface area (Å²) in [7, 11) is 0. The van der Waals surface area contributed by atoms with E-state index in [0.717, 1.165) is 17.5 Å². The Morgan fingerprint density at radius 1 is 0.968 bits per heavy atom. The summed E-state index contributed by atoms with van der Waals surface area (Å²) < 4.78 is 14.6. The van der Waals surface area contributed by atoms with Crippen LogP contribution in [0.25, 0.3) is 0 Å². The Morgan fingerprint density at radius 3 is 2.32 bits per heavy atom. The molecule has 0 amide bonds. The molecule has 31 heavy (non-hydrogen) atoms. The molecule has 1 N–H and O–H groups in total. The van der Waals surface area contributed by atoms with Gasteiger partial charge in [-0.2, -0.15) is 10.5 Å². The highest BCUT2D eigenvalue weighted by atomic mass is 127. The maximum absolute atomic E-state index is 13.4. The molecule has 0 aliphatic heterocycles. The van der Waals surface area contributed by atoms with Crippen LogP contribution in [0, 0.1) is 32.0 Å². The molecule has 0 radical (unpaired) electrons. The topological polar surface area (TPSA) is 59.6 Å². The molecule has 0 aliphatic rings. The van der Waals surface area contributed by atoms with E-state index in [1.165, 1.54) is 21.3 Å². The fourth-order valence-electron chi connectivity index (χ4n) is 3.79. The van der Waals surface area contributed by atoms with Crippen LogP contribution < -0.4 is 5.32 Å². The Morgan fingerprint density at radius 2 is 1.68 bits per heavy atom. The van der Waals surface area contributed by atoms with Crippen molar-refractivity contribution in [3.05, 3.63) is 104 Å². The minimum Gasteiger partial charge on any atom is -0.306 e. The van der Waals surface area contributed by atoms with Crippen LogP contribution in [-0.2, 0) is 6.42 Å². The highest BCUT2D eigenvalue weighted by Crippen LogP contribution is 2.28. The van der Waals surface area contributed by atoms with Crippen molar-refractivity contribution in [3.63, 3.8) is 0 Å². The summed E-state index contributed by atoms with van der Waals surface area (Å²) in [4.78, 5) is 0. The van der Waals surface area contributed by atoms with Gasteiger partial charge in [-0.3, -0.25) is 0 Å². The maximum Gasteiger partial charge on any atom is 0.123 e. The second kappa shape index (κ2) is 11.0. The van der Waals surface area contributed by atoms with Crippen molar-refractivity contribution < 1.29 is 4.39 Å². The third-order valence-corrected chi connectivity index (χ3v) is 6.17. The van der Waals surface area contributed by atoms with Crippen LogP contribution in [0.1, 0.15) is 47.6 Å². The van der Waals surface area contributed by atoms with Gasteiger partial charge in [0.1, 0.15) is 5.82 Å². The van der Waals surface area contributed by atoms with Crippen molar-refractivity contribution in [2.24, 2.45) is 0 Å². The lowest BCUT2D eigenvalue weighted by atomic mass is 9.85. The molecular weight excluding hydrogens is 500 g/mol. The van der Waals surface area contributed by atoms with Crippen LogP contribution in [-0.4, -0.2) is 6.04 Å². The molecule has 0 heterocycles. The summed E-state index contributed by atoms with van der Waals surface area (Å²) in [5, 5.41) is 22.3. The third kappa shape index (κ3) is 6.37. The standard InChI is InChI=1S/C26H23FIN3/c1-18(31-26(13-14-29)21-7-9-23(27)10-8-21)25(16-19-5-11-24(28)12-6-19)22-4-2-3-20(15-22)17-30/h2-12,15,18,25-26,31H,13,16H2,1H3/t18-,25+,26?/m0/s1. The van der Waals surface area contributed by atoms with Crippen molar-refractivity contribution in [3.8, 4) is 12.1 Å². The molecule has 0 aliphatic carbocycles. The van der Waals surface area contributed by atoms with Gasteiger partial charge in [0.05, 0.1) is 24.1 Å². The quantitative estimate of drug-likeness (QED) is 0.355. The Labute approximate surface area is 196 Å². The second-order valence-corrected chi connectivity index (χ2v) is 8.84. The summed E-state index contributed by atoms with van der Waals surface area (Å²) in [6.45, 7) is 2.10. The van der Waals surface area contributed by atoms with E-state index in [0.29, 0.717) is 5.56 Å². The van der Waals surface area contributed by atoms with Crippen molar-refractivity contribution >= 4 is 22.6 Å². The van der Waals surface area contributed by atoms with Crippen LogP contribution in [0.2, 0.25) is 0 Å². The van der Waals surface area contributed by atoms with E-state index >= 15 is 0 Å². The summed E-state index contributed by atoms with van der Waals surface area (Å²) >= 11 is 2.29. The molecular formula is C26H23FIN3. The predicted octanol–water partition coefficient (Wildman–Crippen LogP) is 6.26. The molecule has 5 heteroatoms. The molecule has 0 bridgehead atoms. The lowest BCUT2D eigenvalue weighted by molar-refractivity contribution is 0.400. The smallest absolute Gasteiger partial charge is 0.123 e. The number of halogens is 2. The van der Waals surface area contributed by atoms with Gasteiger partial charge >= 0.3 is 0 Å². The third-order valence-electron chi connectivity index (χ3n) is 5.45. The van der Waals surface area contributed by atoms with E-state index in [1.54, 1.807) is 18.2 Å². The minimum atomic E-state index is -0.294. The van der Waals surface area contributed by atoms with E-state index < -0.39 is 0 Å². The van der Waals surface area contributed by atoms with Gasteiger partial charge in [-0.25, -0.2) is 4.39 Å². The zero-order valence-corrected chi connectivity index (χ0v) is 19.4. The van der Waals surface area contributed by atoms with Gasteiger partial charge in [-0.1, -0.05) is 36.4 Å². The zero-order valence-electron chi connectivity index (χ0n) is 17.2. The molecule has 0 aromatic heterocycles. The number of hydrogen-bond donors (Lipinski definition) is 1. The van der Waals surface area contributed by atoms with Crippen LogP contribution in [0.3, 0.4) is 0 Å². The molecule has 3 rings (SSSR count). The maximum atomic E-state index is 13.4. The molecule has 3 atom stereocenters. The molecule has 0 spiro atoms. The Kier molecular flexibility index (Phi) is 8.17.